The lowest BCUT2D eigenvalue weighted by Crippen LogP contribution is -2.01. The highest BCUT2D eigenvalue weighted by Gasteiger charge is 2.03. The highest BCUT2D eigenvalue weighted by atomic mass is 16.5. The molecular formula is C15H12N2O3. The van der Waals surface area contributed by atoms with Crippen molar-refractivity contribution in [2.45, 2.75) is 13.0 Å². The van der Waals surface area contributed by atoms with E-state index in [9.17, 15) is 4.79 Å². The molecule has 0 fully saturated rings. The average molecular weight is 268 g/mol. The summed E-state index contributed by atoms with van der Waals surface area (Å²) in [4.78, 5) is 14.5. The van der Waals surface area contributed by atoms with Gasteiger partial charge in [-0.3, -0.25) is 4.79 Å². The molecule has 5 heteroatoms. The first-order valence-corrected chi connectivity index (χ1v) is 5.96. The number of hydrogen-bond acceptors (Lipinski definition) is 4. The van der Waals surface area contributed by atoms with Gasteiger partial charge in [-0.25, -0.2) is 4.98 Å². The number of benzene rings is 1. The van der Waals surface area contributed by atoms with E-state index in [0.29, 0.717) is 23.6 Å². The smallest absolute Gasteiger partial charge is 0.307 e. The highest BCUT2D eigenvalue weighted by Crippen LogP contribution is 2.15. The van der Waals surface area contributed by atoms with Gasteiger partial charge in [-0.05, 0) is 35.4 Å². The number of nitriles is 1. The first kappa shape index (κ1) is 13.6. The fraction of sp³-hybridized carbons (Fsp3) is 0.133. The second-order valence-corrected chi connectivity index (χ2v) is 4.17. The predicted octanol–water partition coefficient (Wildman–Crippen LogP) is 2.16. The number of pyridine rings is 1. The maximum Gasteiger partial charge on any atom is 0.307 e. The van der Waals surface area contributed by atoms with Crippen LogP contribution in [-0.4, -0.2) is 16.1 Å². The van der Waals surface area contributed by atoms with Gasteiger partial charge in [0.05, 0.1) is 6.42 Å². The van der Waals surface area contributed by atoms with Crippen LogP contribution in [0.15, 0.2) is 42.6 Å². The average Bonchev–Trinajstić information content (AvgIpc) is 2.45. The number of ether oxygens (including phenoxy) is 1. The third kappa shape index (κ3) is 3.82. The minimum Gasteiger partial charge on any atom is -0.489 e. The van der Waals surface area contributed by atoms with Crippen molar-refractivity contribution >= 4 is 5.97 Å². The van der Waals surface area contributed by atoms with Crippen LogP contribution >= 0.6 is 0 Å². The Hall–Kier alpha value is -2.87. The number of carboxylic acid groups (broad SMARTS) is 1. The fourth-order valence-corrected chi connectivity index (χ4v) is 1.71. The van der Waals surface area contributed by atoms with Crippen LogP contribution in [0.2, 0.25) is 0 Å². The maximum absolute atomic E-state index is 10.7. The van der Waals surface area contributed by atoms with Crippen LogP contribution in [0.4, 0.5) is 0 Å². The number of hydrogen-bond donors (Lipinski definition) is 1. The molecule has 0 radical (unpaired) electrons. The zero-order valence-corrected chi connectivity index (χ0v) is 10.6. The molecule has 0 aliphatic heterocycles. The summed E-state index contributed by atoms with van der Waals surface area (Å²) >= 11 is 0. The zero-order valence-electron chi connectivity index (χ0n) is 10.6. The van der Waals surface area contributed by atoms with E-state index in [2.05, 4.69) is 4.98 Å². The number of aromatic nitrogens is 1. The topological polar surface area (TPSA) is 83.2 Å². The molecule has 2 rings (SSSR count). The molecule has 20 heavy (non-hydrogen) atoms. The van der Waals surface area contributed by atoms with Crippen LogP contribution in [0, 0.1) is 11.3 Å². The summed E-state index contributed by atoms with van der Waals surface area (Å²) in [5.74, 6) is -0.283. The number of carboxylic acids is 1. The molecule has 0 spiro atoms. The Morgan fingerprint density at radius 1 is 1.30 bits per heavy atom. The van der Waals surface area contributed by atoms with Crippen LogP contribution in [0.3, 0.4) is 0 Å². The summed E-state index contributed by atoms with van der Waals surface area (Å²) in [7, 11) is 0. The van der Waals surface area contributed by atoms with Crippen molar-refractivity contribution in [1.82, 2.24) is 4.98 Å². The van der Waals surface area contributed by atoms with Gasteiger partial charge in [-0.1, -0.05) is 12.1 Å². The Morgan fingerprint density at radius 2 is 2.15 bits per heavy atom. The number of nitrogens with zero attached hydrogens (tertiary/aromatic N) is 2. The molecule has 1 aromatic heterocycles. The third-order valence-corrected chi connectivity index (χ3v) is 2.60. The quantitative estimate of drug-likeness (QED) is 0.898. The summed E-state index contributed by atoms with van der Waals surface area (Å²) in [6.45, 7) is 0.299. The lowest BCUT2D eigenvalue weighted by molar-refractivity contribution is -0.136. The molecule has 0 amide bonds. The van der Waals surface area contributed by atoms with E-state index in [1.165, 1.54) is 0 Å². The van der Waals surface area contributed by atoms with Gasteiger partial charge in [0.1, 0.15) is 24.1 Å². The van der Waals surface area contributed by atoms with Gasteiger partial charge in [0.2, 0.25) is 0 Å². The van der Waals surface area contributed by atoms with E-state index in [-0.39, 0.29) is 6.42 Å². The molecule has 0 bridgehead atoms. The molecule has 2 aromatic rings. The van der Waals surface area contributed by atoms with Crippen molar-refractivity contribution < 1.29 is 14.6 Å². The Labute approximate surface area is 116 Å². The number of aliphatic carboxylic acids is 1. The summed E-state index contributed by atoms with van der Waals surface area (Å²) in [5, 5.41) is 17.5. The normalized spacial score (nSPS) is 9.75. The van der Waals surface area contributed by atoms with Crippen LogP contribution in [0.5, 0.6) is 5.75 Å². The molecule has 0 saturated heterocycles. The van der Waals surface area contributed by atoms with Crippen LogP contribution < -0.4 is 4.74 Å². The van der Waals surface area contributed by atoms with Crippen molar-refractivity contribution in [3.8, 4) is 11.8 Å². The van der Waals surface area contributed by atoms with Crippen molar-refractivity contribution in [3.63, 3.8) is 0 Å². The number of rotatable bonds is 5. The Kier molecular flexibility index (Phi) is 4.30. The fourth-order valence-electron chi connectivity index (χ4n) is 1.71. The summed E-state index contributed by atoms with van der Waals surface area (Å²) in [6.07, 6.45) is 1.52. The Morgan fingerprint density at radius 3 is 2.90 bits per heavy atom. The van der Waals surface area contributed by atoms with Crippen molar-refractivity contribution in [3.05, 3.63) is 59.4 Å². The summed E-state index contributed by atoms with van der Waals surface area (Å²) < 4.78 is 5.58. The Bertz CT molecular complexity index is 662. The van der Waals surface area contributed by atoms with Gasteiger partial charge in [0.25, 0.3) is 0 Å². The molecule has 1 heterocycles. The monoisotopic (exact) mass is 268 g/mol. The molecule has 5 nitrogen and oxygen atoms in total. The van der Waals surface area contributed by atoms with Gasteiger partial charge < -0.3 is 9.84 Å². The van der Waals surface area contributed by atoms with Crippen molar-refractivity contribution in [2.24, 2.45) is 0 Å². The van der Waals surface area contributed by atoms with Gasteiger partial charge >= 0.3 is 5.97 Å². The van der Waals surface area contributed by atoms with E-state index < -0.39 is 5.97 Å². The first-order valence-electron chi connectivity index (χ1n) is 5.96. The van der Waals surface area contributed by atoms with Crippen molar-refractivity contribution in [1.29, 1.82) is 5.26 Å². The van der Waals surface area contributed by atoms with Crippen molar-refractivity contribution in [2.75, 3.05) is 0 Å². The third-order valence-electron chi connectivity index (χ3n) is 2.60. The summed E-state index contributed by atoms with van der Waals surface area (Å²) in [5.41, 5.74) is 1.85. The van der Waals surface area contributed by atoms with Crippen LogP contribution in [0.1, 0.15) is 16.8 Å². The van der Waals surface area contributed by atoms with Crippen LogP contribution in [-0.2, 0) is 17.8 Å². The second kappa shape index (κ2) is 6.34. The highest BCUT2D eigenvalue weighted by molar-refractivity contribution is 5.70. The van der Waals surface area contributed by atoms with E-state index in [0.717, 1.165) is 5.56 Å². The second-order valence-electron chi connectivity index (χ2n) is 4.17. The molecule has 0 aliphatic carbocycles. The summed E-state index contributed by atoms with van der Waals surface area (Å²) in [6, 6.07) is 12.3. The molecule has 0 aliphatic rings. The van der Waals surface area contributed by atoms with E-state index >= 15 is 0 Å². The first-order chi connectivity index (χ1) is 9.67. The lowest BCUT2D eigenvalue weighted by Gasteiger charge is -2.07. The largest absolute Gasteiger partial charge is 0.489 e. The molecule has 0 atom stereocenters. The van der Waals surface area contributed by atoms with Gasteiger partial charge in [0.15, 0.2) is 0 Å². The van der Waals surface area contributed by atoms with Gasteiger partial charge in [-0.2, -0.15) is 5.26 Å². The van der Waals surface area contributed by atoms with E-state index in [1.54, 1.807) is 42.6 Å². The minimum atomic E-state index is -0.880. The standard InChI is InChI=1S/C15H12N2O3/c16-9-13-6-12(4-5-17-13)10-20-14-3-1-2-11(7-14)8-15(18)19/h1-7H,8,10H2,(H,18,19). The lowest BCUT2D eigenvalue weighted by atomic mass is 10.1. The molecule has 1 N–H and O–H groups in total. The SMILES string of the molecule is N#Cc1cc(COc2cccc(CC(=O)O)c2)ccn1. The zero-order chi connectivity index (χ0) is 14.4. The van der Waals surface area contributed by atoms with Gasteiger partial charge in [-0.15, -0.1) is 0 Å². The van der Waals surface area contributed by atoms with Crippen LogP contribution in [0.25, 0.3) is 0 Å². The molecule has 0 unspecified atom stereocenters. The molecule has 1 aromatic carbocycles. The number of carbonyl (C=O) groups is 1. The van der Waals surface area contributed by atoms with Gasteiger partial charge in [0, 0.05) is 6.20 Å². The van der Waals surface area contributed by atoms with E-state index in [4.69, 9.17) is 15.1 Å². The molecular weight excluding hydrogens is 256 g/mol. The predicted molar refractivity (Wildman–Crippen MR) is 71.1 cm³/mol. The minimum absolute atomic E-state index is 0.0367. The van der Waals surface area contributed by atoms with E-state index in [1.807, 2.05) is 6.07 Å². The Balaban J connectivity index is 2.03. The maximum atomic E-state index is 10.7. The molecule has 0 saturated carbocycles. The molecule has 100 valence electrons.